The first-order chi connectivity index (χ1) is 13.4. The van der Waals surface area contributed by atoms with E-state index in [1.807, 2.05) is 0 Å². The summed E-state index contributed by atoms with van der Waals surface area (Å²) in [5.41, 5.74) is -0.288. The Labute approximate surface area is 160 Å². The van der Waals surface area contributed by atoms with Gasteiger partial charge in [0.2, 0.25) is 0 Å². The molecular formula is C19H17N3O6. The minimum atomic E-state index is -0.740. The quantitative estimate of drug-likeness (QED) is 0.337. The van der Waals surface area contributed by atoms with Gasteiger partial charge in [-0.3, -0.25) is 14.9 Å². The molecule has 0 heterocycles. The van der Waals surface area contributed by atoms with Crippen LogP contribution in [0.3, 0.4) is 0 Å². The van der Waals surface area contributed by atoms with Crippen LogP contribution in [0.2, 0.25) is 0 Å². The van der Waals surface area contributed by atoms with E-state index in [0.717, 1.165) is 12.1 Å². The van der Waals surface area contributed by atoms with Gasteiger partial charge in [0.25, 0.3) is 11.6 Å². The fraction of sp³-hybridized carbons (Fsp3) is 0.158. The number of nitro benzene ring substituents is 1. The largest absolute Gasteiger partial charge is 0.495 e. The van der Waals surface area contributed by atoms with Crippen molar-refractivity contribution < 1.29 is 23.9 Å². The molecule has 0 aliphatic heterocycles. The van der Waals surface area contributed by atoms with Gasteiger partial charge >= 0.3 is 0 Å². The topological polar surface area (TPSA) is 124 Å². The van der Waals surface area contributed by atoms with Gasteiger partial charge in [-0.25, -0.2) is 0 Å². The van der Waals surface area contributed by atoms with Crippen molar-refractivity contribution in [3.63, 3.8) is 0 Å². The fourth-order valence-electron chi connectivity index (χ4n) is 2.40. The van der Waals surface area contributed by atoms with Crippen molar-refractivity contribution in [1.82, 2.24) is 0 Å². The number of methoxy groups -OCH3 is 3. The number of nitrogens with zero attached hydrogens (tertiary/aromatic N) is 2. The highest BCUT2D eigenvalue weighted by atomic mass is 16.6. The van der Waals surface area contributed by atoms with Gasteiger partial charge in [-0.15, -0.1) is 0 Å². The summed E-state index contributed by atoms with van der Waals surface area (Å²) < 4.78 is 15.3. The molecule has 0 radical (unpaired) electrons. The summed E-state index contributed by atoms with van der Waals surface area (Å²) in [5.74, 6) is 0.0476. The predicted octanol–water partition coefficient (Wildman–Crippen LogP) is 3.17. The molecule has 1 N–H and O–H groups in total. The summed E-state index contributed by atoms with van der Waals surface area (Å²) in [6.45, 7) is 0. The van der Waals surface area contributed by atoms with Crippen LogP contribution in [-0.4, -0.2) is 32.2 Å². The zero-order chi connectivity index (χ0) is 20.7. The van der Waals surface area contributed by atoms with Crippen molar-refractivity contribution in [3.8, 4) is 23.3 Å². The molecule has 2 aromatic carbocycles. The van der Waals surface area contributed by atoms with Crippen LogP contribution in [0, 0.1) is 21.4 Å². The van der Waals surface area contributed by atoms with Crippen LogP contribution < -0.4 is 19.5 Å². The van der Waals surface area contributed by atoms with Gasteiger partial charge in [-0.05, 0) is 24.3 Å². The van der Waals surface area contributed by atoms with Crippen LogP contribution in [0.5, 0.6) is 17.2 Å². The van der Waals surface area contributed by atoms with E-state index < -0.39 is 10.8 Å². The van der Waals surface area contributed by atoms with E-state index in [1.165, 1.54) is 27.4 Å². The summed E-state index contributed by atoms with van der Waals surface area (Å²) in [6.07, 6.45) is 1.12. The summed E-state index contributed by atoms with van der Waals surface area (Å²) in [4.78, 5) is 23.2. The van der Waals surface area contributed by atoms with Crippen LogP contribution in [-0.2, 0) is 4.79 Å². The number of hydrogen-bond acceptors (Lipinski definition) is 7. The molecule has 0 aliphatic rings. The number of amides is 1. The molecule has 0 fully saturated rings. The normalized spacial score (nSPS) is 10.6. The lowest BCUT2D eigenvalue weighted by Crippen LogP contribution is -2.14. The maximum Gasteiger partial charge on any atom is 0.280 e. The molecule has 1 amide bonds. The molecular weight excluding hydrogens is 366 g/mol. The molecule has 0 bridgehead atoms. The lowest BCUT2D eigenvalue weighted by molar-refractivity contribution is -0.385. The fourth-order valence-corrected chi connectivity index (χ4v) is 2.40. The van der Waals surface area contributed by atoms with Crippen molar-refractivity contribution in [3.05, 3.63) is 57.6 Å². The van der Waals surface area contributed by atoms with E-state index in [0.29, 0.717) is 11.4 Å². The Morgan fingerprint density at radius 1 is 1.11 bits per heavy atom. The Balaban J connectivity index is 2.47. The summed E-state index contributed by atoms with van der Waals surface area (Å²) in [6, 6.07) is 10.9. The lowest BCUT2D eigenvalue weighted by Gasteiger charge is -2.10. The van der Waals surface area contributed by atoms with E-state index in [9.17, 15) is 20.2 Å². The van der Waals surface area contributed by atoms with E-state index in [2.05, 4.69) is 5.32 Å². The van der Waals surface area contributed by atoms with Crippen LogP contribution in [0.4, 0.5) is 11.4 Å². The van der Waals surface area contributed by atoms with E-state index in [-0.39, 0.29) is 28.3 Å². The lowest BCUT2D eigenvalue weighted by atomic mass is 10.1. The number of hydrogen-bond donors (Lipinski definition) is 1. The first kappa shape index (κ1) is 20.3. The molecule has 2 rings (SSSR count). The second-order valence-corrected chi connectivity index (χ2v) is 5.35. The third-order valence-corrected chi connectivity index (χ3v) is 3.75. The molecule has 0 aliphatic carbocycles. The van der Waals surface area contributed by atoms with Gasteiger partial charge in [0.1, 0.15) is 17.4 Å². The zero-order valence-corrected chi connectivity index (χ0v) is 15.4. The Kier molecular flexibility index (Phi) is 6.54. The highest BCUT2D eigenvalue weighted by Crippen LogP contribution is 2.35. The monoisotopic (exact) mass is 383 g/mol. The van der Waals surface area contributed by atoms with Crippen LogP contribution in [0.15, 0.2) is 42.0 Å². The van der Waals surface area contributed by atoms with Crippen LogP contribution in [0.25, 0.3) is 6.08 Å². The minimum Gasteiger partial charge on any atom is -0.495 e. The van der Waals surface area contributed by atoms with Gasteiger partial charge in [-0.1, -0.05) is 12.1 Å². The van der Waals surface area contributed by atoms with Gasteiger partial charge in [0.05, 0.1) is 43.6 Å². The predicted molar refractivity (Wildman–Crippen MR) is 101 cm³/mol. The molecule has 0 saturated heterocycles. The number of carbonyl (C=O) groups excluding carboxylic acids is 1. The smallest absolute Gasteiger partial charge is 0.280 e. The number of carbonyl (C=O) groups is 1. The molecule has 9 heteroatoms. The average Bonchev–Trinajstić information content (AvgIpc) is 2.71. The van der Waals surface area contributed by atoms with Crippen molar-refractivity contribution in [2.24, 2.45) is 0 Å². The second-order valence-electron chi connectivity index (χ2n) is 5.35. The molecule has 9 nitrogen and oxygen atoms in total. The Bertz CT molecular complexity index is 978. The second kappa shape index (κ2) is 9.05. The first-order valence-electron chi connectivity index (χ1n) is 7.91. The Hall–Kier alpha value is -4.06. The van der Waals surface area contributed by atoms with E-state index in [4.69, 9.17) is 14.2 Å². The number of anilines is 1. The number of nitrogens with one attached hydrogen (secondary N) is 1. The highest BCUT2D eigenvalue weighted by molar-refractivity contribution is 6.10. The summed E-state index contributed by atoms with van der Waals surface area (Å²) in [5, 5.41) is 23.3. The number of nitriles is 1. The van der Waals surface area contributed by atoms with Gasteiger partial charge in [0, 0.05) is 0 Å². The maximum atomic E-state index is 12.5. The number of benzene rings is 2. The molecule has 28 heavy (non-hydrogen) atoms. The molecule has 0 unspecified atom stereocenters. The molecule has 0 spiro atoms. The molecule has 0 atom stereocenters. The van der Waals surface area contributed by atoms with Crippen molar-refractivity contribution in [1.29, 1.82) is 5.26 Å². The standard InChI is InChI=1S/C19H17N3O6/c1-26-16-7-5-4-6-14(16)21-19(23)13(11-20)8-12-9-17(27-2)18(28-3)10-15(12)22(24)25/h4-10H,1-3H3,(H,21,23)/b13-8+. The molecule has 0 aromatic heterocycles. The van der Waals surface area contributed by atoms with Crippen LogP contribution >= 0.6 is 0 Å². The number of ether oxygens (including phenoxy) is 3. The Morgan fingerprint density at radius 2 is 1.71 bits per heavy atom. The van der Waals surface area contributed by atoms with Crippen molar-refractivity contribution >= 4 is 23.4 Å². The minimum absolute atomic E-state index is 0.0226. The summed E-state index contributed by atoms with van der Waals surface area (Å²) in [7, 11) is 4.16. The number of para-hydroxylation sites is 2. The van der Waals surface area contributed by atoms with E-state index in [1.54, 1.807) is 30.3 Å². The van der Waals surface area contributed by atoms with Gasteiger partial charge in [0.15, 0.2) is 11.5 Å². The molecule has 144 valence electrons. The highest BCUT2D eigenvalue weighted by Gasteiger charge is 2.20. The van der Waals surface area contributed by atoms with Crippen LogP contribution in [0.1, 0.15) is 5.56 Å². The third-order valence-electron chi connectivity index (χ3n) is 3.75. The van der Waals surface area contributed by atoms with Crippen molar-refractivity contribution in [2.45, 2.75) is 0 Å². The zero-order valence-electron chi connectivity index (χ0n) is 15.4. The summed E-state index contributed by atoms with van der Waals surface area (Å²) >= 11 is 0. The third kappa shape index (κ3) is 4.37. The maximum absolute atomic E-state index is 12.5. The van der Waals surface area contributed by atoms with Gasteiger partial charge in [-0.2, -0.15) is 5.26 Å². The average molecular weight is 383 g/mol. The van der Waals surface area contributed by atoms with E-state index >= 15 is 0 Å². The van der Waals surface area contributed by atoms with Gasteiger partial charge < -0.3 is 19.5 Å². The molecule has 2 aromatic rings. The number of nitro groups is 1. The van der Waals surface area contributed by atoms with Crippen molar-refractivity contribution in [2.75, 3.05) is 26.6 Å². The Morgan fingerprint density at radius 3 is 2.29 bits per heavy atom. The SMILES string of the molecule is COc1ccccc1NC(=O)/C(C#N)=C/c1cc(OC)c(OC)cc1[N+](=O)[O-]. The number of rotatable bonds is 7. The molecule has 0 saturated carbocycles. The first-order valence-corrected chi connectivity index (χ1v) is 7.91.